The second kappa shape index (κ2) is 6.41. The molecule has 0 amide bonds. The average Bonchev–Trinajstić information content (AvgIpc) is 2.41. The molecule has 2 aromatic rings. The molecule has 104 valence electrons. The third kappa shape index (κ3) is 3.40. The highest BCUT2D eigenvalue weighted by molar-refractivity contribution is 14.1. The lowest BCUT2D eigenvalue weighted by molar-refractivity contribution is 0.0691. The minimum absolute atomic E-state index is 0.00251. The first-order valence-corrected chi connectivity index (χ1v) is 7.03. The number of halogens is 3. The summed E-state index contributed by atoms with van der Waals surface area (Å²) in [6.45, 7) is -0.00251. The molecule has 0 atom stereocenters. The Hall–Kier alpha value is -1.34. The maximum absolute atomic E-state index is 13.3. The van der Waals surface area contributed by atoms with Gasteiger partial charge >= 0.3 is 5.97 Å². The first-order valence-electron chi connectivity index (χ1n) is 5.57. The van der Waals surface area contributed by atoms with Crippen LogP contribution in [0.15, 0.2) is 36.4 Å². The Labute approximate surface area is 133 Å². The first-order chi connectivity index (χ1) is 9.49. The predicted octanol–water partition coefficient (Wildman–Crippen LogP) is 4.36. The predicted molar refractivity (Wildman–Crippen MR) is 81.9 cm³/mol. The molecule has 0 radical (unpaired) electrons. The van der Waals surface area contributed by atoms with Gasteiger partial charge in [-0.3, -0.25) is 0 Å². The van der Waals surface area contributed by atoms with Crippen LogP contribution in [0.4, 0.5) is 4.39 Å². The van der Waals surface area contributed by atoms with Crippen LogP contribution in [-0.2, 0) is 6.61 Å². The molecule has 0 saturated heterocycles. The fourth-order valence-electron chi connectivity index (χ4n) is 1.61. The molecular formula is C14H9ClFIO3. The van der Waals surface area contributed by atoms with Crippen LogP contribution in [0.1, 0.15) is 15.9 Å². The summed E-state index contributed by atoms with van der Waals surface area (Å²) < 4.78 is 19.5. The van der Waals surface area contributed by atoms with E-state index in [9.17, 15) is 9.18 Å². The summed E-state index contributed by atoms with van der Waals surface area (Å²) >= 11 is 7.83. The van der Waals surface area contributed by atoms with Gasteiger partial charge in [0.1, 0.15) is 23.7 Å². The van der Waals surface area contributed by atoms with Gasteiger partial charge in [0.15, 0.2) is 0 Å². The molecule has 0 spiro atoms. The maximum atomic E-state index is 13.3. The monoisotopic (exact) mass is 406 g/mol. The Morgan fingerprint density at radius 2 is 2.10 bits per heavy atom. The lowest BCUT2D eigenvalue weighted by atomic mass is 10.2. The van der Waals surface area contributed by atoms with Gasteiger partial charge in [0, 0.05) is 9.13 Å². The van der Waals surface area contributed by atoms with Gasteiger partial charge in [-0.1, -0.05) is 23.7 Å². The molecule has 2 rings (SSSR count). The molecule has 3 nitrogen and oxygen atoms in total. The van der Waals surface area contributed by atoms with Crippen molar-refractivity contribution in [3.05, 3.63) is 61.9 Å². The number of hydrogen-bond acceptors (Lipinski definition) is 2. The van der Waals surface area contributed by atoms with Crippen LogP contribution >= 0.6 is 34.2 Å². The third-order valence-corrected chi connectivity index (χ3v) is 3.68. The van der Waals surface area contributed by atoms with E-state index < -0.39 is 11.8 Å². The minimum Gasteiger partial charge on any atom is -0.488 e. The minimum atomic E-state index is -1.08. The Morgan fingerprint density at radius 3 is 2.80 bits per heavy atom. The molecule has 0 bridgehead atoms. The number of carboxylic acids is 1. The summed E-state index contributed by atoms with van der Waals surface area (Å²) in [5.74, 6) is -1.39. The summed E-state index contributed by atoms with van der Waals surface area (Å²) in [7, 11) is 0. The summed E-state index contributed by atoms with van der Waals surface area (Å²) in [6.07, 6.45) is 0. The van der Waals surface area contributed by atoms with Crippen molar-refractivity contribution in [2.75, 3.05) is 0 Å². The SMILES string of the molecule is O=C(O)c1cc(I)ccc1OCc1cccc(F)c1Cl. The Morgan fingerprint density at radius 1 is 1.35 bits per heavy atom. The van der Waals surface area contributed by atoms with Crippen molar-refractivity contribution in [3.8, 4) is 5.75 Å². The van der Waals surface area contributed by atoms with Gasteiger partial charge in [-0.05, 0) is 46.9 Å². The molecule has 2 aromatic carbocycles. The van der Waals surface area contributed by atoms with E-state index in [2.05, 4.69) is 0 Å². The maximum Gasteiger partial charge on any atom is 0.339 e. The highest BCUT2D eigenvalue weighted by Crippen LogP contribution is 2.25. The van der Waals surface area contributed by atoms with Crippen LogP contribution in [0.3, 0.4) is 0 Å². The average molecular weight is 407 g/mol. The van der Waals surface area contributed by atoms with Crippen LogP contribution in [0.25, 0.3) is 0 Å². The van der Waals surface area contributed by atoms with Crippen LogP contribution in [0.2, 0.25) is 5.02 Å². The molecule has 0 aliphatic rings. The fraction of sp³-hybridized carbons (Fsp3) is 0.0714. The molecule has 0 unspecified atom stereocenters. The van der Waals surface area contributed by atoms with Crippen molar-refractivity contribution in [1.29, 1.82) is 0 Å². The summed E-state index contributed by atoms with van der Waals surface area (Å²) in [5.41, 5.74) is 0.519. The molecule has 6 heteroatoms. The largest absolute Gasteiger partial charge is 0.488 e. The van der Waals surface area contributed by atoms with E-state index in [4.69, 9.17) is 21.4 Å². The Bertz CT molecular complexity index is 661. The third-order valence-electron chi connectivity index (χ3n) is 2.59. The zero-order valence-electron chi connectivity index (χ0n) is 10.1. The van der Waals surface area contributed by atoms with Crippen molar-refractivity contribution >= 4 is 40.2 Å². The van der Waals surface area contributed by atoms with Crippen molar-refractivity contribution in [3.63, 3.8) is 0 Å². The first kappa shape index (κ1) is 15.1. The molecular weight excluding hydrogens is 398 g/mol. The van der Waals surface area contributed by atoms with Crippen molar-refractivity contribution in [2.24, 2.45) is 0 Å². The van der Waals surface area contributed by atoms with Crippen LogP contribution < -0.4 is 4.74 Å². The summed E-state index contributed by atoms with van der Waals surface area (Å²) in [5, 5.41) is 9.10. The van der Waals surface area contributed by atoms with E-state index >= 15 is 0 Å². The number of benzene rings is 2. The lowest BCUT2D eigenvalue weighted by Gasteiger charge is -2.10. The van der Waals surface area contributed by atoms with Crippen LogP contribution in [-0.4, -0.2) is 11.1 Å². The summed E-state index contributed by atoms with van der Waals surface area (Å²) in [4.78, 5) is 11.1. The number of carbonyl (C=O) groups is 1. The van der Waals surface area contributed by atoms with E-state index in [-0.39, 0.29) is 22.9 Å². The van der Waals surface area contributed by atoms with Gasteiger partial charge in [0.05, 0.1) is 5.02 Å². The highest BCUT2D eigenvalue weighted by Gasteiger charge is 2.13. The van der Waals surface area contributed by atoms with Crippen LogP contribution in [0, 0.1) is 9.39 Å². The molecule has 0 aliphatic carbocycles. The van der Waals surface area contributed by atoms with Gasteiger partial charge in [-0.25, -0.2) is 9.18 Å². The molecule has 0 saturated carbocycles. The quantitative estimate of drug-likeness (QED) is 0.768. The molecule has 0 aromatic heterocycles. The summed E-state index contributed by atoms with van der Waals surface area (Å²) in [6, 6.07) is 9.20. The second-order valence-electron chi connectivity index (χ2n) is 3.95. The molecule has 0 aliphatic heterocycles. The zero-order chi connectivity index (χ0) is 14.7. The standard InChI is InChI=1S/C14H9ClFIO3/c15-13-8(2-1-3-11(13)16)7-20-12-5-4-9(17)6-10(12)14(18)19/h1-6H,7H2,(H,18,19). The van der Waals surface area contributed by atoms with E-state index in [1.807, 2.05) is 22.6 Å². The van der Waals surface area contributed by atoms with Crippen molar-refractivity contribution in [2.45, 2.75) is 6.61 Å². The van der Waals surface area contributed by atoms with Gasteiger partial charge in [0.25, 0.3) is 0 Å². The Balaban J connectivity index is 2.23. The van der Waals surface area contributed by atoms with E-state index in [1.54, 1.807) is 18.2 Å². The van der Waals surface area contributed by atoms with Crippen molar-refractivity contribution < 1.29 is 19.0 Å². The number of hydrogen-bond donors (Lipinski definition) is 1. The van der Waals surface area contributed by atoms with Gasteiger partial charge in [-0.15, -0.1) is 0 Å². The lowest BCUT2D eigenvalue weighted by Crippen LogP contribution is -2.04. The normalized spacial score (nSPS) is 10.3. The number of rotatable bonds is 4. The van der Waals surface area contributed by atoms with Gasteiger partial charge < -0.3 is 9.84 Å². The number of ether oxygens (including phenoxy) is 1. The highest BCUT2D eigenvalue weighted by atomic mass is 127. The smallest absolute Gasteiger partial charge is 0.339 e. The van der Waals surface area contributed by atoms with E-state index in [1.165, 1.54) is 18.2 Å². The van der Waals surface area contributed by atoms with Crippen molar-refractivity contribution in [1.82, 2.24) is 0 Å². The van der Waals surface area contributed by atoms with Gasteiger partial charge in [-0.2, -0.15) is 0 Å². The van der Waals surface area contributed by atoms with Gasteiger partial charge in [0.2, 0.25) is 0 Å². The number of carboxylic acid groups (broad SMARTS) is 1. The number of aromatic carboxylic acids is 1. The second-order valence-corrected chi connectivity index (χ2v) is 5.57. The molecule has 20 heavy (non-hydrogen) atoms. The van der Waals surface area contributed by atoms with E-state index in [0.717, 1.165) is 3.57 Å². The molecule has 1 N–H and O–H groups in total. The fourth-order valence-corrected chi connectivity index (χ4v) is 2.28. The van der Waals surface area contributed by atoms with Crippen LogP contribution in [0.5, 0.6) is 5.75 Å². The zero-order valence-corrected chi connectivity index (χ0v) is 13.0. The topological polar surface area (TPSA) is 46.5 Å². The molecule has 0 heterocycles. The molecule has 0 fully saturated rings. The Kier molecular flexibility index (Phi) is 4.82. The van der Waals surface area contributed by atoms with E-state index in [0.29, 0.717) is 5.56 Å².